The van der Waals surface area contributed by atoms with Crippen molar-refractivity contribution in [1.82, 2.24) is 10.2 Å². The van der Waals surface area contributed by atoms with Crippen LogP contribution >= 0.6 is 0 Å². The number of rotatable bonds is 7. The Morgan fingerprint density at radius 3 is 2.70 bits per heavy atom. The zero-order valence-electron chi connectivity index (χ0n) is 17.8. The summed E-state index contributed by atoms with van der Waals surface area (Å²) in [7, 11) is 0. The Bertz CT molecular complexity index is 840. The van der Waals surface area contributed by atoms with E-state index in [0.717, 1.165) is 50.1 Å². The zero-order chi connectivity index (χ0) is 20.8. The summed E-state index contributed by atoms with van der Waals surface area (Å²) in [5.74, 6) is 1.75. The van der Waals surface area contributed by atoms with Crippen molar-refractivity contribution in [2.24, 2.45) is 0 Å². The van der Waals surface area contributed by atoms with E-state index in [-0.39, 0.29) is 18.0 Å². The third kappa shape index (κ3) is 4.96. The summed E-state index contributed by atoms with van der Waals surface area (Å²) in [4.78, 5) is 15.2. The maximum atomic E-state index is 12.9. The van der Waals surface area contributed by atoms with Crippen LogP contribution in [0.5, 0.6) is 11.5 Å². The van der Waals surface area contributed by atoms with Crippen molar-refractivity contribution < 1.29 is 14.3 Å². The van der Waals surface area contributed by atoms with E-state index in [4.69, 9.17) is 9.47 Å². The Labute approximate surface area is 179 Å². The van der Waals surface area contributed by atoms with Gasteiger partial charge in [0, 0.05) is 12.5 Å². The first-order valence-corrected chi connectivity index (χ1v) is 11.2. The molecule has 1 N–H and O–H groups in total. The lowest BCUT2D eigenvalue weighted by molar-refractivity contribution is -0.123. The Balaban J connectivity index is 1.42. The van der Waals surface area contributed by atoms with Crippen LogP contribution in [0.25, 0.3) is 0 Å². The molecule has 2 atom stereocenters. The molecule has 2 aromatic carbocycles. The lowest BCUT2D eigenvalue weighted by Gasteiger charge is -2.26. The fraction of sp³-hybridized carbons (Fsp3) is 0.480. The van der Waals surface area contributed by atoms with Gasteiger partial charge in [0.25, 0.3) is 0 Å². The Hall–Kier alpha value is -2.53. The highest BCUT2D eigenvalue weighted by atomic mass is 16.5. The number of carbonyl (C=O) groups is 1. The van der Waals surface area contributed by atoms with Crippen molar-refractivity contribution in [3.63, 3.8) is 0 Å². The van der Waals surface area contributed by atoms with Crippen molar-refractivity contribution in [3.8, 4) is 11.5 Å². The van der Waals surface area contributed by atoms with E-state index < -0.39 is 0 Å². The predicted octanol–water partition coefficient (Wildman–Crippen LogP) is 4.64. The van der Waals surface area contributed by atoms with Crippen LogP contribution in [-0.4, -0.2) is 37.1 Å². The largest absolute Gasteiger partial charge is 0.490 e. The minimum Gasteiger partial charge on any atom is -0.490 e. The second-order valence-electron chi connectivity index (χ2n) is 8.20. The molecule has 2 aliphatic heterocycles. The molecule has 2 aliphatic rings. The average molecular weight is 409 g/mol. The first kappa shape index (κ1) is 20.7. The van der Waals surface area contributed by atoms with Gasteiger partial charge in [-0.1, -0.05) is 49.7 Å². The molecule has 5 heteroatoms. The molecule has 4 rings (SSSR count). The molecular weight excluding hydrogens is 376 g/mol. The standard InChI is InChI=1S/C25H32N2O3/c1-2-8-21(19-9-4-3-5-10-19)26-25(28)18-27-14-6-11-22(27)20-12-13-23-24(17-20)30-16-7-15-29-23/h3-5,9-10,12-13,17,21-22H,2,6-8,11,14-16,18H2,1H3,(H,26,28). The van der Waals surface area contributed by atoms with Crippen LogP contribution in [0.4, 0.5) is 0 Å². The van der Waals surface area contributed by atoms with Crippen molar-refractivity contribution in [1.29, 1.82) is 0 Å². The molecule has 2 aromatic rings. The van der Waals surface area contributed by atoms with Crippen LogP contribution in [0.3, 0.4) is 0 Å². The monoisotopic (exact) mass is 408 g/mol. The number of likely N-dealkylation sites (tertiary alicyclic amines) is 1. The third-order valence-electron chi connectivity index (χ3n) is 5.98. The van der Waals surface area contributed by atoms with E-state index in [1.165, 1.54) is 11.1 Å². The highest BCUT2D eigenvalue weighted by molar-refractivity contribution is 5.78. The number of hydrogen-bond acceptors (Lipinski definition) is 4. The minimum absolute atomic E-state index is 0.0720. The maximum Gasteiger partial charge on any atom is 0.234 e. The number of nitrogens with zero attached hydrogens (tertiary/aromatic N) is 1. The molecule has 2 unspecified atom stereocenters. The van der Waals surface area contributed by atoms with Crippen LogP contribution in [0, 0.1) is 0 Å². The van der Waals surface area contributed by atoms with Gasteiger partial charge in [0.05, 0.1) is 25.8 Å². The topological polar surface area (TPSA) is 50.8 Å². The molecule has 30 heavy (non-hydrogen) atoms. The van der Waals surface area contributed by atoms with E-state index in [1.807, 2.05) is 24.3 Å². The summed E-state index contributed by atoms with van der Waals surface area (Å²) in [5, 5.41) is 3.27. The number of nitrogens with one attached hydrogen (secondary N) is 1. The first-order chi connectivity index (χ1) is 14.7. The molecule has 1 amide bonds. The number of ether oxygens (including phenoxy) is 2. The number of carbonyl (C=O) groups excluding carboxylic acids is 1. The summed E-state index contributed by atoms with van der Waals surface area (Å²) < 4.78 is 11.6. The lowest BCUT2D eigenvalue weighted by atomic mass is 10.0. The first-order valence-electron chi connectivity index (χ1n) is 11.2. The van der Waals surface area contributed by atoms with E-state index in [0.29, 0.717) is 19.8 Å². The van der Waals surface area contributed by atoms with Gasteiger partial charge in [-0.25, -0.2) is 0 Å². The second kappa shape index (κ2) is 9.98. The molecule has 0 saturated carbocycles. The minimum atomic E-state index is 0.0720. The van der Waals surface area contributed by atoms with Crippen LogP contribution in [-0.2, 0) is 4.79 Å². The summed E-state index contributed by atoms with van der Waals surface area (Å²) in [6, 6.07) is 16.8. The van der Waals surface area contributed by atoms with E-state index in [2.05, 4.69) is 41.4 Å². The summed E-state index contributed by atoms with van der Waals surface area (Å²) >= 11 is 0. The van der Waals surface area contributed by atoms with Crippen LogP contribution in [0.1, 0.15) is 62.2 Å². The summed E-state index contributed by atoms with van der Waals surface area (Å²) in [6.07, 6.45) is 5.04. The molecule has 5 nitrogen and oxygen atoms in total. The molecule has 0 aromatic heterocycles. The van der Waals surface area contributed by atoms with Gasteiger partial charge in [0.1, 0.15) is 0 Å². The number of fused-ring (bicyclic) bond motifs is 1. The zero-order valence-corrected chi connectivity index (χ0v) is 17.8. The average Bonchev–Trinajstić information content (AvgIpc) is 3.09. The van der Waals surface area contributed by atoms with Gasteiger partial charge in [0.2, 0.25) is 5.91 Å². The smallest absolute Gasteiger partial charge is 0.234 e. The molecule has 0 radical (unpaired) electrons. The normalized spacial score (nSPS) is 19.8. The Morgan fingerprint density at radius 2 is 1.90 bits per heavy atom. The van der Waals surface area contributed by atoms with Gasteiger partial charge in [-0.05, 0) is 49.1 Å². The van der Waals surface area contributed by atoms with Crippen molar-refractivity contribution >= 4 is 5.91 Å². The maximum absolute atomic E-state index is 12.9. The van der Waals surface area contributed by atoms with Gasteiger partial charge in [-0.3, -0.25) is 9.69 Å². The van der Waals surface area contributed by atoms with Crippen LogP contribution in [0.15, 0.2) is 48.5 Å². The van der Waals surface area contributed by atoms with Crippen molar-refractivity contribution in [3.05, 3.63) is 59.7 Å². The quantitative estimate of drug-likeness (QED) is 0.725. The molecular formula is C25H32N2O3. The Kier molecular flexibility index (Phi) is 6.90. The summed E-state index contributed by atoms with van der Waals surface area (Å²) in [5.41, 5.74) is 2.38. The fourth-order valence-corrected chi connectivity index (χ4v) is 4.50. The van der Waals surface area contributed by atoms with E-state index >= 15 is 0 Å². The summed E-state index contributed by atoms with van der Waals surface area (Å²) in [6.45, 7) is 4.90. The van der Waals surface area contributed by atoms with Crippen molar-refractivity contribution in [2.75, 3.05) is 26.3 Å². The number of hydrogen-bond donors (Lipinski definition) is 1. The van der Waals surface area contributed by atoms with Gasteiger partial charge < -0.3 is 14.8 Å². The molecule has 1 fully saturated rings. The molecule has 160 valence electrons. The fourth-order valence-electron chi connectivity index (χ4n) is 4.50. The molecule has 2 heterocycles. The predicted molar refractivity (Wildman–Crippen MR) is 118 cm³/mol. The SMILES string of the molecule is CCCC(NC(=O)CN1CCCC1c1ccc2c(c1)OCCCO2)c1ccccc1. The highest BCUT2D eigenvalue weighted by Crippen LogP contribution is 2.37. The van der Waals surface area contributed by atoms with E-state index in [9.17, 15) is 4.79 Å². The van der Waals surface area contributed by atoms with Gasteiger partial charge in [-0.2, -0.15) is 0 Å². The second-order valence-corrected chi connectivity index (χ2v) is 8.20. The number of amides is 1. The van der Waals surface area contributed by atoms with Gasteiger partial charge in [-0.15, -0.1) is 0 Å². The lowest BCUT2D eigenvalue weighted by Crippen LogP contribution is -2.38. The number of benzene rings is 2. The Morgan fingerprint density at radius 1 is 1.10 bits per heavy atom. The molecule has 1 saturated heterocycles. The third-order valence-corrected chi connectivity index (χ3v) is 5.98. The van der Waals surface area contributed by atoms with Crippen LogP contribution < -0.4 is 14.8 Å². The molecule has 0 aliphatic carbocycles. The molecule has 0 spiro atoms. The van der Waals surface area contributed by atoms with Gasteiger partial charge in [0.15, 0.2) is 11.5 Å². The van der Waals surface area contributed by atoms with E-state index in [1.54, 1.807) is 0 Å². The highest BCUT2D eigenvalue weighted by Gasteiger charge is 2.29. The molecule has 0 bridgehead atoms. The van der Waals surface area contributed by atoms with Gasteiger partial charge >= 0.3 is 0 Å². The van der Waals surface area contributed by atoms with Crippen LogP contribution in [0.2, 0.25) is 0 Å². The van der Waals surface area contributed by atoms with Crippen molar-refractivity contribution in [2.45, 2.75) is 51.1 Å².